The van der Waals surface area contributed by atoms with Gasteiger partial charge < -0.3 is 4.90 Å². The summed E-state index contributed by atoms with van der Waals surface area (Å²) in [6.07, 6.45) is 10.9. The smallest absolute Gasteiger partial charge is 0.255 e. The first-order chi connectivity index (χ1) is 14.7. The van der Waals surface area contributed by atoms with Crippen molar-refractivity contribution in [1.29, 1.82) is 0 Å². The zero-order valence-electron chi connectivity index (χ0n) is 16.8. The molecule has 5 rings (SSSR count). The highest BCUT2D eigenvalue weighted by atomic mass is 16.2. The molecular formula is C23H22N6O. The van der Waals surface area contributed by atoms with E-state index >= 15 is 0 Å². The van der Waals surface area contributed by atoms with Crippen molar-refractivity contribution in [2.45, 2.75) is 25.7 Å². The van der Waals surface area contributed by atoms with E-state index in [-0.39, 0.29) is 11.8 Å². The zero-order chi connectivity index (χ0) is 20.5. The molecule has 0 radical (unpaired) electrons. The van der Waals surface area contributed by atoms with E-state index < -0.39 is 0 Å². The number of aryl methyl sites for hydroxylation is 1. The molecule has 30 heavy (non-hydrogen) atoms. The Balaban J connectivity index is 1.39. The average Bonchev–Trinajstić information content (AvgIpc) is 3.23. The molecule has 1 aliphatic rings. The first-order valence-corrected chi connectivity index (χ1v) is 10.1. The van der Waals surface area contributed by atoms with Gasteiger partial charge in [-0.15, -0.1) is 0 Å². The molecule has 1 fully saturated rings. The fraction of sp³-hybridized carbons (Fsp3) is 0.261. The van der Waals surface area contributed by atoms with Crippen molar-refractivity contribution in [1.82, 2.24) is 29.5 Å². The molecule has 1 saturated heterocycles. The van der Waals surface area contributed by atoms with Crippen LogP contribution in [-0.4, -0.2) is 48.5 Å². The number of carbonyl (C=O) groups excluding carboxylic acids is 1. The number of piperidine rings is 1. The fourth-order valence-corrected chi connectivity index (χ4v) is 4.02. The SMILES string of the molecule is Cc1cncc(C(=O)N2CCCC(c3nc4ccc(-c5ccncc5)cn4n3)C2)c1. The summed E-state index contributed by atoms with van der Waals surface area (Å²) in [7, 11) is 0. The lowest BCUT2D eigenvalue weighted by molar-refractivity contribution is 0.0704. The predicted molar refractivity (Wildman–Crippen MR) is 113 cm³/mol. The Morgan fingerprint density at radius 1 is 1.07 bits per heavy atom. The molecule has 0 aliphatic carbocycles. The Morgan fingerprint density at radius 2 is 1.93 bits per heavy atom. The Bertz CT molecular complexity index is 1200. The van der Waals surface area contributed by atoms with E-state index in [1.807, 2.05) is 52.9 Å². The molecule has 1 atom stereocenters. The number of nitrogens with zero attached hydrogens (tertiary/aromatic N) is 6. The van der Waals surface area contributed by atoms with Crippen molar-refractivity contribution in [3.8, 4) is 11.1 Å². The van der Waals surface area contributed by atoms with E-state index in [9.17, 15) is 4.79 Å². The summed E-state index contributed by atoms with van der Waals surface area (Å²) < 4.78 is 1.83. The molecule has 4 aromatic heterocycles. The van der Waals surface area contributed by atoms with Gasteiger partial charge in [0, 0.05) is 55.6 Å². The van der Waals surface area contributed by atoms with Crippen LogP contribution in [-0.2, 0) is 0 Å². The molecule has 1 aliphatic heterocycles. The molecule has 0 saturated carbocycles. The van der Waals surface area contributed by atoms with Gasteiger partial charge in [-0.2, -0.15) is 5.10 Å². The van der Waals surface area contributed by atoms with Crippen LogP contribution in [0.4, 0.5) is 0 Å². The number of hydrogen-bond donors (Lipinski definition) is 0. The summed E-state index contributed by atoms with van der Waals surface area (Å²) in [5, 5.41) is 4.74. The maximum absolute atomic E-state index is 12.9. The Labute approximate surface area is 174 Å². The number of pyridine rings is 3. The first kappa shape index (κ1) is 18.4. The standard InChI is InChI=1S/C23H22N6O/c1-16-11-20(13-25-12-16)23(30)28-10-2-3-19(14-28)22-26-21-5-4-18(15-29(21)27-22)17-6-8-24-9-7-17/h4-9,11-13,15,19H,2-3,10,14H2,1H3. The van der Waals surface area contributed by atoms with Gasteiger partial charge in [-0.1, -0.05) is 0 Å². The predicted octanol–water partition coefficient (Wildman–Crippen LogP) is 3.51. The molecule has 150 valence electrons. The number of carbonyl (C=O) groups is 1. The van der Waals surface area contributed by atoms with Crippen LogP contribution < -0.4 is 0 Å². The lowest BCUT2D eigenvalue weighted by atomic mass is 9.97. The molecular weight excluding hydrogens is 376 g/mol. The van der Waals surface area contributed by atoms with E-state index in [1.54, 1.807) is 24.8 Å². The summed E-state index contributed by atoms with van der Waals surface area (Å²) in [5.41, 5.74) is 4.59. The number of hydrogen-bond acceptors (Lipinski definition) is 5. The number of rotatable bonds is 3. The first-order valence-electron chi connectivity index (χ1n) is 10.1. The zero-order valence-corrected chi connectivity index (χ0v) is 16.8. The van der Waals surface area contributed by atoms with Crippen molar-refractivity contribution < 1.29 is 4.79 Å². The summed E-state index contributed by atoms with van der Waals surface area (Å²) in [6.45, 7) is 3.33. The third kappa shape index (κ3) is 3.54. The van der Waals surface area contributed by atoms with Crippen LogP contribution in [0.15, 0.2) is 61.3 Å². The molecule has 0 spiro atoms. The van der Waals surface area contributed by atoms with Crippen LogP contribution in [0.25, 0.3) is 16.8 Å². The van der Waals surface area contributed by atoms with Gasteiger partial charge in [0.15, 0.2) is 11.5 Å². The van der Waals surface area contributed by atoms with E-state index in [4.69, 9.17) is 10.1 Å². The van der Waals surface area contributed by atoms with Crippen molar-refractivity contribution in [3.05, 3.63) is 78.3 Å². The van der Waals surface area contributed by atoms with Crippen LogP contribution in [0, 0.1) is 6.92 Å². The molecule has 0 bridgehead atoms. The minimum absolute atomic E-state index is 0.0274. The fourth-order valence-electron chi connectivity index (χ4n) is 4.02. The van der Waals surface area contributed by atoms with Crippen molar-refractivity contribution in [2.24, 2.45) is 0 Å². The van der Waals surface area contributed by atoms with Gasteiger partial charge in [0.2, 0.25) is 0 Å². The van der Waals surface area contributed by atoms with E-state index in [0.717, 1.165) is 47.5 Å². The average molecular weight is 398 g/mol. The third-order valence-electron chi connectivity index (χ3n) is 5.56. The maximum Gasteiger partial charge on any atom is 0.255 e. The third-order valence-corrected chi connectivity index (χ3v) is 5.56. The number of aromatic nitrogens is 5. The largest absolute Gasteiger partial charge is 0.338 e. The molecule has 0 N–H and O–H groups in total. The van der Waals surface area contributed by atoms with Gasteiger partial charge in [-0.05, 0) is 61.2 Å². The van der Waals surface area contributed by atoms with Gasteiger partial charge in [0.25, 0.3) is 5.91 Å². The Hall–Kier alpha value is -3.61. The minimum atomic E-state index is 0.0274. The lowest BCUT2D eigenvalue weighted by Crippen LogP contribution is -2.39. The van der Waals surface area contributed by atoms with Crippen molar-refractivity contribution >= 4 is 11.6 Å². The van der Waals surface area contributed by atoms with E-state index in [2.05, 4.69) is 9.97 Å². The molecule has 1 unspecified atom stereocenters. The van der Waals surface area contributed by atoms with Crippen LogP contribution in [0.3, 0.4) is 0 Å². The Kier molecular flexibility index (Phi) is 4.71. The highest BCUT2D eigenvalue weighted by Crippen LogP contribution is 2.27. The second kappa shape index (κ2) is 7.67. The van der Waals surface area contributed by atoms with E-state index in [1.165, 1.54) is 0 Å². The summed E-state index contributed by atoms with van der Waals surface area (Å²) in [4.78, 5) is 27.8. The normalized spacial score (nSPS) is 16.7. The summed E-state index contributed by atoms with van der Waals surface area (Å²) in [6, 6.07) is 9.87. The van der Waals surface area contributed by atoms with Crippen LogP contribution in [0.5, 0.6) is 0 Å². The Morgan fingerprint density at radius 3 is 2.77 bits per heavy atom. The molecule has 1 amide bonds. The second-order valence-electron chi connectivity index (χ2n) is 7.77. The molecule has 5 heterocycles. The van der Waals surface area contributed by atoms with Gasteiger partial charge in [0.1, 0.15) is 0 Å². The highest BCUT2D eigenvalue weighted by Gasteiger charge is 2.28. The van der Waals surface area contributed by atoms with Crippen LogP contribution in [0.1, 0.15) is 40.5 Å². The van der Waals surface area contributed by atoms with Crippen LogP contribution >= 0.6 is 0 Å². The summed E-state index contributed by atoms with van der Waals surface area (Å²) >= 11 is 0. The highest BCUT2D eigenvalue weighted by molar-refractivity contribution is 5.94. The maximum atomic E-state index is 12.9. The van der Waals surface area contributed by atoms with Gasteiger partial charge in [-0.3, -0.25) is 14.8 Å². The van der Waals surface area contributed by atoms with Crippen LogP contribution in [0.2, 0.25) is 0 Å². The van der Waals surface area contributed by atoms with E-state index in [0.29, 0.717) is 12.1 Å². The quantitative estimate of drug-likeness (QED) is 0.528. The van der Waals surface area contributed by atoms with Gasteiger partial charge in [0.05, 0.1) is 5.56 Å². The number of amides is 1. The number of fused-ring (bicyclic) bond motifs is 1. The van der Waals surface area contributed by atoms with Gasteiger partial charge >= 0.3 is 0 Å². The van der Waals surface area contributed by atoms with Gasteiger partial charge in [-0.25, -0.2) is 9.50 Å². The van der Waals surface area contributed by atoms with Crippen molar-refractivity contribution in [3.63, 3.8) is 0 Å². The van der Waals surface area contributed by atoms with Crippen molar-refractivity contribution in [2.75, 3.05) is 13.1 Å². The molecule has 0 aromatic carbocycles. The molecule has 7 nitrogen and oxygen atoms in total. The molecule has 7 heteroatoms. The second-order valence-corrected chi connectivity index (χ2v) is 7.77. The minimum Gasteiger partial charge on any atom is -0.338 e. The summed E-state index contributed by atoms with van der Waals surface area (Å²) in [5.74, 6) is 0.950. The topological polar surface area (TPSA) is 76.3 Å². The monoisotopic (exact) mass is 398 g/mol. The lowest BCUT2D eigenvalue weighted by Gasteiger charge is -2.31. The molecule has 4 aromatic rings. The number of likely N-dealkylation sites (tertiary alicyclic amines) is 1.